The van der Waals surface area contributed by atoms with E-state index in [9.17, 15) is 0 Å². The lowest BCUT2D eigenvalue weighted by Crippen LogP contribution is -2.17. The standard InChI is InChI=1S/C16H16N4/c1-2-10-19(9-1)14-5-3-13(4-6-14)15-7-11-20-12-8-17-16(20)18-15/h3-8,11-12H,1-2,9-10H2. The molecule has 0 atom stereocenters. The monoisotopic (exact) mass is 264 g/mol. The van der Waals surface area contributed by atoms with Crippen LogP contribution in [0.5, 0.6) is 0 Å². The van der Waals surface area contributed by atoms with Crippen LogP contribution < -0.4 is 4.90 Å². The minimum Gasteiger partial charge on any atom is -0.372 e. The lowest BCUT2D eigenvalue weighted by Gasteiger charge is -2.17. The van der Waals surface area contributed by atoms with Crippen LogP contribution in [0.25, 0.3) is 17.0 Å². The van der Waals surface area contributed by atoms with Crippen LogP contribution in [0.2, 0.25) is 0 Å². The number of rotatable bonds is 2. The molecule has 0 aliphatic carbocycles. The Morgan fingerprint density at radius 1 is 0.900 bits per heavy atom. The summed E-state index contributed by atoms with van der Waals surface area (Å²) in [5.74, 6) is 0.742. The maximum Gasteiger partial charge on any atom is 0.234 e. The Bertz CT molecular complexity index is 724. The molecule has 3 aromatic rings. The van der Waals surface area contributed by atoms with Gasteiger partial charge in [0, 0.05) is 42.9 Å². The molecule has 0 unspecified atom stereocenters. The molecule has 20 heavy (non-hydrogen) atoms. The third-order valence-electron chi connectivity index (χ3n) is 3.90. The van der Waals surface area contributed by atoms with Gasteiger partial charge in [0.25, 0.3) is 0 Å². The van der Waals surface area contributed by atoms with Gasteiger partial charge in [-0.3, -0.25) is 4.40 Å². The number of hydrogen-bond donors (Lipinski definition) is 0. The van der Waals surface area contributed by atoms with Crippen molar-refractivity contribution < 1.29 is 0 Å². The molecule has 0 spiro atoms. The van der Waals surface area contributed by atoms with Gasteiger partial charge in [0.1, 0.15) is 0 Å². The van der Waals surface area contributed by atoms with E-state index in [4.69, 9.17) is 0 Å². The number of imidazole rings is 1. The average Bonchev–Trinajstić information content (AvgIpc) is 3.18. The molecule has 1 aliphatic heterocycles. The number of fused-ring (bicyclic) bond motifs is 1. The summed E-state index contributed by atoms with van der Waals surface area (Å²) < 4.78 is 1.92. The minimum absolute atomic E-state index is 0.742. The maximum absolute atomic E-state index is 4.57. The highest BCUT2D eigenvalue weighted by molar-refractivity contribution is 5.64. The van der Waals surface area contributed by atoms with E-state index in [-0.39, 0.29) is 0 Å². The molecule has 3 heterocycles. The largest absolute Gasteiger partial charge is 0.372 e. The molecule has 2 aromatic heterocycles. The molecule has 0 bridgehead atoms. The Morgan fingerprint density at radius 2 is 1.70 bits per heavy atom. The molecule has 0 N–H and O–H groups in total. The van der Waals surface area contributed by atoms with Gasteiger partial charge in [-0.05, 0) is 31.0 Å². The van der Waals surface area contributed by atoms with Crippen molar-refractivity contribution in [3.8, 4) is 11.3 Å². The molecule has 0 saturated carbocycles. The second-order valence-corrected chi connectivity index (χ2v) is 5.19. The topological polar surface area (TPSA) is 33.4 Å². The third kappa shape index (κ3) is 1.93. The van der Waals surface area contributed by atoms with Crippen molar-refractivity contribution in [2.75, 3.05) is 18.0 Å². The second kappa shape index (κ2) is 4.63. The van der Waals surface area contributed by atoms with Crippen LogP contribution >= 0.6 is 0 Å². The number of aromatic nitrogens is 3. The van der Waals surface area contributed by atoms with Crippen LogP contribution in [0.15, 0.2) is 48.9 Å². The van der Waals surface area contributed by atoms with E-state index in [1.54, 1.807) is 6.20 Å². The van der Waals surface area contributed by atoms with Gasteiger partial charge in [-0.2, -0.15) is 0 Å². The Balaban J connectivity index is 1.67. The maximum atomic E-state index is 4.57. The normalized spacial score (nSPS) is 15.1. The van der Waals surface area contributed by atoms with Gasteiger partial charge in [-0.15, -0.1) is 0 Å². The Morgan fingerprint density at radius 3 is 2.50 bits per heavy atom. The van der Waals surface area contributed by atoms with Crippen molar-refractivity contribution in [3.63, 3.8) is 0 Å². The summed E-state index contributed by atoms with van der Waals surface area (Å²) >= 11 is 0. The van der Waals surface area contributed by atoms with Gasteiger partial charge in [-0.1, -0.05) is 12.1 Å². The van der Waals surface area contributed by atoms with Crippen molar-refractivity contribution in [3.05, 3.63) is 48.9 Å². The van der Waals surface area contributed by atoms with E-state index >= 15 is 0 Å². The van der Waals surface area contributed by atoms with Gasteiger partial charge < -0.3 is 4.90 Å². The quantitative estimate of drug-likeness (QED) is 0.713. The predicted octanol–water partition coefficient (Wildman–Crippen LogP) is 3.00. The van der Waals surface area contributed by atoms with E-state index in [0.29, 0.717) is 0 Å². The fourth-order valence-electron chi connectivity index (χ4n) is 2.78. The zero-order valence-electron chi connectivity index (χ0n) is 11.2. The first-order valence-corrected chi connectivity index (χ1v) is 7.05. The lowest BCUT2D eigenvalue weighted by atomic mass is 10.1. The molecule has 4 heteroatoms. The van der Waals surface area contributed by atoms with Gasteiger partial charge in [-0.25, -0.2) is 9.97 Å². The van der Waals surface area contributed by atoms with Crippen LogP contribution in [0.3, 0.4) is 0 Å². The molecule has 1 saturated heterocycles. The highest BCUT2D eigenvalue weighted by Crippen LogP contribution is 2.24. The summed E-state index contributed by atoms with van der Waals surface area (Å²) in [6, 6.07) is 10.7. The summed E-state index contributed by atoms with van der Waals surface area (Å²) in [7, 11) is 0. The molecule has 1 fully saturated rings. The lowest BCUT2D eigenvalue weighted by molar-refractivity contribution is 0.949. The summed E-state index contributed by atoms with van der Waals surface area (Å²) in [5.41, 5.74) is 3.42. The second-order valence-electron chi connectivity index (χ2n) is 5.19. The fraction of sp³-hybridized carbons (Fsp3) is 0.250. The highest BCUT2D eigenvalue weighted by atomic mass is 15.1. The predicted molar refractivity (Wildman–Crippen MR) is 79.9 cm³/mol. The van der Waals surface area contributed by atoms with Crippen LogP contribution in [-0.2, 0) is 0 Å². The van der Waals surface area contributed by atoms with E-state index < -0.39 is 0 Å². The molecule has 4 rings (SSSR count). The summed E-state index contributed by atoms with van der Waals surface area (Å²) in [5, 5.41) is 0. The van der Waals surface area contributed by atoms with E-state index in [2.05, 4.69) is 39.1 Å². The summed E-state index contributed by atoms with van der Waals surface area (Å²) in [4.78, 5) is 11.2. The van der Waals surface area contributed by atoms with Gasteiger partial charge in [0.2, 0.25) is 5.78 Å². The van der Waals surface area contributed by atoms with E-state index in [1.807, 2.05) is 22.9 Å². The molecule has 1 aliphatic rings. The number of benzene rings is 1. The summed E-state index contributed by atoms with van der Waals surface area (Å²) in [6.07, 6.45) is 8.28. The zero-order chi connectivity index (χ0) is 13.4. The Labute approximate surface area is 117 Å². The number of hydrogen-bond acceptors (Lipinski definition) is 3. The van der Waals surface area contributed by atoms with Crippen molar-refractivity contribution in [2.24, 2.45) is 0 Å². The minimum atomic E-state index is 0.742. The van der Waals surface area contributed by atoms with Crippen LogP contribution in [0, 0.1) is 0 Å². The van der Waals surface area contributed by atoms with Crippen molar-refractivity contribution in [1.29, 1.82) is 0 Å². The van der Waals surface area contributed by atoms with E-state index in [1.165, 1.54) is 31.6 Å². The van der Waals surface area contributed by atoms with Crippen molar-refractivity contribution in [2.45, 2.75) is 12.8 Å². The van der Waals surface area contributed by atoms with Crippen LogP contribution in [0.4, 0.5) is 5.69 Å². The van der Waals surface area contributed by atoms with E-state index in [0.717, 1.165) is 17.0 Å². The Kier molecular flexibility index (Phi) is 2.66. The molecule has 1 aromatic carbocycles. The first-order chi connectivity index (χ1) is 9.90. The fourth-order valence-corrected chi connectivity index (χ4v) is 2.78. The molecule has 0 amide bonds. The number of anilines is 1. The SMILES string of the molecule is c1cn2ccc(-c3ccc(N4CCCC4)cc3)nc2n1. The average molecular weight is 264 g/mol. The van der Waals surface area contributed by atoms with Crippen LogP contribution in [-0.4, -0.2) is 27.5 Å². The van der Waals surface area contributed by atoms with Gasteiger partial charge in [0.05, 0.1) is 5.69 Å². The van der Waals surface area contributed by atoms with Gasteiger partial charge >= 0.3 is 0 Å². The zero-order valence-corrected chi connectivity index (χ0v) is 11.2. The summed E-state index contributed by atoms with van der Waals surface area (Å²) in [6.45, 7) is 2.36. The molecule has 0 radical (unpaired) electrons. The van der Waals surface area contributed by atoms with Crippen LogP contribution in [0.1, 0.15) is 12.8 Å². The molecule has 4 nitrogen and oxygen atoms in total. The van der Waals surface area contributed by atoms with Crippen molar-refractivity contribution in [1.82, 2.24) is 14.4 Å². The number of nitrogens with zero attached hydrogens (tertiary/aromatic N) is 4. The van der Waals surface area contributed by atoms with Gasteiger partial charge in [0.15, 0.2) is 0 Å². The smallest absolute Gasteiger partial charge is 0.234 e. The first-order valence-electron chi connectivity index (χ1n) is 7.05. The van der Waals surface area contributed by atoms with Crippen molar-refractivity contribution >= 4 is 11.5 Å². The molecular weight excluding hydrogens is 248 g/mol. The highest BCUT2D eigenvalue weighted by Gasteiger charge is 2.12. The third-order valence-corrected chi connectivity index (χ3v) is 3.90. The first kappa shape index (κ1) is 11.5. The molecule has 100 valence electrons. The molecular formula is C16H16N4. The Hall–Kier alpha value is -2.36.